The van der Waals surface area contributed by atoms with Crippen molar-refractivity contribution in [2.24, 2.45) is 5.92 Å². The molecule has 2 aliphatic heterocycles. The van der Waals surface area contributed by atoms with Gasteiger partial charge in [-0.2, -0.15) is 13.2 Å². The molecule has 0 spiro atoms. The van der Waals surface area contributed by atoms with Crippen LogP contribution >= 0.6 is 11.6 Å². The molecule has 184 valence electrons. The molecule has 0 saturated carbocycles. The maximum absolute atomic E-state index is 13.1. The second-order valence-electron chi connectivity index (χ2n) is 7.90. The largest absolute Gasteiger partial charge is 0.403 e. The average molecular weight is 494 g/mol. The first-order valence-corrected chi connectivity index (χ1v) is 11.0. The van der Waals surface area contributed by atoms with Crippen molar-refractivity contribution < 1.29 is 32.2 Å². The lowest BCUT2D eigenvalue weighted by Crippen LogP contribution is -2.60. The number of hydrogen-bond donors (Lipinski definition) is 2. The summed E-state index contributed by atoms with van der Waals surface area (Å²) in [6.45, 7) is 3.86. The van der Waals surface area contributed by atoms with Gasteiger partial charge in [-0.3, -0.25) is 15.0 Å². The predicted molar refractivity (Wildman–Crippen MR) is 114 cm³/mol. The summed E-state index contributed by atoms with van der Waals surface area (Å²) in [5.74, 6) is -2.67. The van der Waals surface area contributed by atoms with E-state index in [1.807, 2.05) is 11.5 Å². The fourth-order valence-electron chi connectivity index (χ4n) is 3.67. The van der Waals surface area contributed by atoms with Crippen LogP contribution in [-0.4, -0.2) is 86.0 Å². The summed E-state index contributed by atoms with van der Waals surface area (Å²) in [5, 5.41) is 0.563. The number of aromatic nitrogens is 1. The number of anilines is 1. The molecule has 9 nitrogen and oxygen atoms in total. The Morgan fingerprint density at radius 1 is 1.30 bits per heavy atom. The molecule has 2 aliphatic rings. The molecule has 33 heavy (non-hydrogen) atoms. The number of alkyl halides is 3. The lowest BCUT2D eigenvalue weighted by atomic mass is 9.99. The van der Waals surface area contributed by atoms with E-state index in [4.69, 9.17) is 21.1 Å². The highest BCUT2D eigenvalue weighted by Gasteiger charge is 2.52. The SMILES string of the molecule is C[C@@H](COC1CNNC(=O)C1C(F)(F)F)OCCC(=O)N1CCN(c2ccc(Cl)cn2)CC1. The maximum Gasteiger partial charge on any atom is 0.403 e. The first-order valence-electron chi connectivity index (χ1n) is 10.6. The summed E-state index contributed by atoms with van der Waals surface area (Å²) in [4.78, 5) is 32.1. The summed E-state index contributed by atoms with van der Waals surface area (Å²) < 4.78 is 50.2. The normalized spacial score (nSPS) is 22.8. The number of amides is 2. The molecule has 3 atom stereocenters. The quantitative estimate of drug-likeness (QED) is 0.565. The summed E-state index contributed by atoms with van der Waals surface area (Å²) >= 11 is 5.86. The van der Waals surface area contributed by atoms with Gasteiger partial charge in [-0.05, 0) is 19.1 Å². The van der Waals surface area contributed by atoms with E-state index < -0.39 is 30.2 Å². The van der Waals surface area contributed by atoms with Crippen LogP contribution in [0.25, 0.3) is 0 Å². The molecule has 1 aromatic heterocycles. The van der Waals surface area contributed by atoms with E-state index >= 15 is 0 Å². The summed E-state index contributed by atoms with van der Waals surface area (Å²) in [7, 11) is 0. The summed E-state index contributed by atoms with van der Waals surface area (Å²) in [6.07, 6.45) is -4.86. The van der Waals surface area contributed by atoms with Crippen LogP contribution in [0.1, 0.15) is 13.3 Å². The van der Waals surface area contributed by atoms with E-state index in [1.165, 1.54) is 0 Å². The van der Waals surface area contributed by atoms with Gasteiger partial charge in [-0.25, -0.2) is 10.4 Å². The van der Waals surface area contributed by atoms with Crippen molar-refractivity contribution in [1.29, 1.82) is 0 Å². The van der Waals surface area contributed by atoms with Crippen molar-refractivity contribution in [2.75, 3.05) is 50.8 Å². The van der Waals surface area contributed by atoms with Crippen LogP contribution < -0.4 is 15.8 Å². The van der Waals surface area contributed by atoms with Crippen molar-refractivity contribution in [3.8, 4) is 0 Å². The van der Waals surface area contributed by atoms with Crippen LogP contribution in [0.2, 0.25) is 5.02 Å². The van der Waals surface area contributed by atoms with E-state index in [0.717, 1.165) is 5.82 Å². The molecule has 0 radical (unpaired) electrons. The second-order valence-corrected chi connectivity index (χ2v) is 8.33. The number of rotatable bonds is 8. The van der Waals surface area contributed by atoms with Crippen molar-refractivity contribution >= 4 is 29.2 Å². The molecule has 3 rings (SSSR count). The number of halogens is 4. The van der Waals surface area contributed by atoms with Crippen LogP contribution in [0.3, 0.4) is 0 Å². The monoisotopic (exact) mass is 493 g/mol. The Morgan fingerprint density at radius 2 is 2.03 bits per heavy atom. The Morgan fingerprint density at radius 3 is 2.67 bits per heavy atom. The minimum atomic E-state index is -4.71. The molecule has 2 N–H and O–H groups in total. The van der Waals surface area contributed by atoms with Gasteiger partial charge >= 0.3 is 6.18 Å². The lowest BCUT2D eigenvalue weighted by Gasteiger charge is -2.35. The summed E-state index contributed by atoms with van der Waals surface area (Å²) in [6, 6.07) is 3.61. The fraction of sp³-hybridized carbons (Fsp3) is 0.650. The molecule has 0 aliphatic carbocycles. The van der Waals surface area contributed by atoms with Crippen LogP contribution in [0.4, 0.5) is 19.0 Å². The molecule has 2 amide bonds. The molecule has 3 heterocycles. The Hall–Kier alpha value is -2.15. The predicted octanol–water partition coefficient (Wildman–Crippen LogP) is 1.38. The van der Waals surface area contributed by atoms with E-state index in [9.17, 15) is 22.8 Å². The first kappa shape index (κ1) is 25.5. The number of ether oxygens (including phenoxy) is 2. The van der Waals surface area contributed by atoms with Gasteiger partial charge in [0.2, 0.25) is 11.8 Å². The molecule has 2 saturated heterocycles. The van der Waals surface area contributed by atoms with Crippen LogP contribution in [-0.2, 0) is 19.1 Å². The van der Waals surface area contributed by atoms with E-state index in [1.54, 1.807) is 24.1 Å². The van der Waals surface area contributed by atoms with Crippen molar-refractivity contribution in [3.05, 3.63) is 23.4 Å². The fourth-order valence-corrected chi connectivity index (χ4v) is 3.78. The van der Waals surface area contributed by atoms with Gasteiger partial charge in [0.15, 0.2) is 5.92 Å². The number of hydrogen-bond acceptors (Lipinski definition) is 7. The highest BCUT2D eigenvalue weighted by Crippen LogP contribution is 2.31. The molecule has 0 aromatic carbocycles. The Labute approximate surface area is 194 Å². The third-order valence-electron chi connectivity index (χ3n) is 5.45. The minimum absolute atomic E-state index is 0.0582. The van der Waals surface area contributed by atoms with E-state index in [2.05, 4.69) is 15.3 Å². The van der Waals surface area contributed by atoms with E-state index in [0.29, 0.717) is 31.2 Å². The molecule has 0 bridgehead atoms. The van der Waals surface area contributed by atoms with E-state index in [-0.39, 0.29) is 32.1 Å². The smallest absolute Gasteiger partial charge is 0.376 e. The lowest BCUT2D eigenvalue weighted by molar-refractivity contribution is -0.215. The van der Waals surface area contributed by atoms with Crippen molar-refractivity contribution in [2.45, 2.75) is 31.7 Å². The Bertz CT molecular complexity index is 806. The zero-order valence-corrected chi connectivity index (χ0v) is 18.9. The number of piperazine rings is 1. The molecule has 1 aromatic rings. The average Bonchev–Trinajstić information content (AvgIpc) is 2.77. The number of nitrogens with one attached hydrogen (secondary N) is 2. The maximum atomic E-state index is 13.1. The highest BCUT2D eigenvalue weighted by molar-refractivity contribution is 6.30. The summed E-state index contributed by atoms with van der Waals surface area (Å²) in [5.41, 5.74) is 4.37. The number of pyridine rings is 1. The zero-order chi connectivity index (χ0) is 24.0. The Kier molecular flexibility index (Phi) is 8.74. The topological polar surface area (TPSA) is 96.0 Å². The van der Waals surface area contributed by atoms with Gasteiger partial charge < -0.3 is 19.3 Å². The number of carbonyl (C=O) groups is 2. The number of hydrazine groups is 1. The highest BCUT2D eigenvalue weighted by atomic mass is 35.5. The molecular weight excluding hydrogens is 467 g/mol. The third kappa shape index (κ3) is 7.16. The van der Waals surface area contributed by atoms with Gasteiger partial charge in [-0.1, -0.05) is 11.6 Å². The molecule has 2 fully saturated rings. The molecule has 2 unspecified atom stereocenters. The first-order chi connectivity index (χ1) is 15.6. The van der Waals surface area contributed by atoms with Crippen LogP contribution in [0.5, 0.6) is 0 Å². The third-order valence-corrected chi connectivity index (χ3v) is 5.68. The molecular formula is C20H27ClF3N5O4. The van der Waals surface area contributed by atoms with Gasteiger partial charge in [0.1, 0.15) is 5.82 Å². The van der Waals surface area contributed by atoms with Gasteiger partial charge in [0.05, 0.1) is 36.9 Å². The number of nitrogens with zero attached hydrogens (tertiary/aromatic N) is 3. The number of carbonyl (C=O) groups excluding carboxylic acids is 2. The minimum Gasteiger partial charge on any atom is -0.376 e. The van der Waals surface area contributed by atoms with Gasteiger partial charge in [-0.15, -0.1) is 0 Å². The second kappa shape index (κ2) is 11.3. The van der Waals surface area contributed by atoms with Crippen LogP contribution in [0.15, 0.2) is 18.3 Å². The van der Waals surface area contributed by atoms with Crippen molar-refractivity contribution in [3.63, 3.8) is 0 Å². The van der Waals surface area contributed by atoms with Gasteiger partial charge in [0.25, 0.3) is 0 Å². The standard InChI is InChI=1S/C20H27ClF3N5O4/c1-13(12-33-15-11-26-27-19(31)18(15)20(22,23)24)32-9-4-17(30)29-7-5-28(6-8-29)16-3-2-14(21)10-25-16/h2-3,10,13,15,18,26H,4-9,11-12H2,1H3,(H,27,31)/t13-,15?,18?/m0/s1. The van der Waals surface area contributed by atoms with Crippen molar-refractivity contribution in [1.82, 2.24) is 20.7 Å². The van der Waals surface area contributed by atoms with Gasteiger partial charge in [0, 0.05) is 38.9 Å². The zero-order valence-electron chi connectivity index (χ0n) is 18.1. The molecule has 13 heteroatoms. The Balaban J connectivity index is 1.35. The van der Waals surface area contributed by atoms with Crippen LogP contribution in [0, 0.1) is 5.92 Å².